The van der Waals surface area contributed by atoms with Crippen molar-refractivity contribution in [2.45, 2.75) is 0 Å². The molecule has 0 aliphatic carbocycles. The Morgan fingerprint density at radius 1 is 1.08 bits per heavy atom. The Labute approximate surface area is 147 Å². The van der Waals surface area contributed by atoms with Gasteiger partial charge < -0.3 is 15.4 Å². The first kappa shape index (κ1) is 17.3. The van der Waals surface area contributed by atoms with Gasteiger partial charge in [-0.15, -0.1) is 0 Å². The highest BCUT2D eigenvalue weighted by molar-refractivity contribution is 6.03. The molecule has 0 radical (unpaired) electrons. The third-order valence-corrected chi connectivity index (χ3v) is 3.42. The SMILES string of the molecule is COc1ccccc1Nc1nccc(C(=O)Nc2ccc(F)cc2F)n1. The number of carbonyl (C=O) groups excluding carboxylic acids is 1. The molecule has 26 heavy (non-hydrogen) atoms. The normalized spacial score (nSPS) is 10.3. The molecule has 132 valence electrons. The second-order valence-electron chi connectivity index (χ2n) is 5.17. The van der Waals surface area contributed by atoms with Gasteiger partial charge >= 0.3 is 0 Å². The highest BCUT2D eigenvalue weighted by Gasteiger charge is 2.13. The van der Waals surface area contributed by atoms with Crippen molar-refractivity contribution in [1.29, 1.82) is 0 Å². The molecule has 1 aromatic heterocycles. The number of methoxy groups -OCH3 is 1. The zero-order valence-electron chi connectivity index (χ0n) is 13.7. The number of hydrogen-bond donors (Lipinski definition) is 2. The lowest BCUT2D eigenvalue weighted by atomic mass is 10.2. The van der Waals surface area contributed by atoms with Crippen LogP contribution in [0.3, 0.4) is 0 Å². The smallest absolute Gasteiger partial charge is 0.274 e. The molecular weight excluding hydrogens is 342 g/mol. The van der Waals surface area contributed by atoms with E-state index < -0.39 is 17.5 Å². The maximum atomic E-state index is 13.7. The van der Waals surface area contributed by atoms with Crippen molar-refractivity contribution in [2.24, 2.45) is 0 Å². The molecule has 0 aliphatic heterocycles. The summed E-state index contributed by atoms with van der Waals surface area (Å²) in [6.07, 6.45) is 1.39. The maximum absolute atomic E-state index is 13.7. The maximum Gasteiger partial charge on any atom is 0.274 e. The molecule has 0 atom stereocenters. The van der Waals surface area contributed by atoms with Crippen molar-refractivity contribution in [2.75, 3.05) is 17.7 Å². The van der Waals surface area contributed by atoms with Gasteiger partial charge in [-0.3, -0.25) is 4.79 Å². The number of hydrogen-bond acceptors (Lipinski definition) is 5. The Morgan fingerprint density at radius 2 is 1.88 bits per heavy atom. The Bertz CT molecular complexity index is 950. The van der Waals surface area contributed by atoms with Crippen molar-refractivity contribution in [3.63, 3.8) is 0 Å². The molecule has 0 aliphatic rings. The lowest BCUT2D eigenvalue weighted by Crippen LogP contribution is -2.15. The third-order valence-electron chi connectivity index (χ3n) is 3.42. The molecule has 2 N–H and O–H groups in total. The second-order valence-corrected chi connectivity index (χ2v) is 5.17. The van der Waals surface area contributed by atoms with Crippen molar-refractivity contribution < 1.29 is 18.3 Å². The summed E-state index contributed by atoms with van der Waals surface area (Å²) in [7, 11) is 1.53. The van der Waals surface area contributed by atoms with E-state index in [1.807, 2.05) is 6.07 Å². The van der Waals surface area contributed by atoms with Crippen LogP contribution in [0, 0.1) is 11.6 Å². The number of aromatic nitrogens is 2. The van der Waals surface area contributed by atoms with Crippen LogP contribution in [0.15, 0.2) is 54.7 Å². The van der Waals surface area contributed by atoms with Gasteiger partial charge in [-0.2, -0.15) is 0 Å². The number of rotatable bonds is 5. The minimum Gasteiger partial charge on any atom is -0.495 e. The molecule has 0 saturated carbocycles. The number of para-hydroxylation sites is 2. The largest absolute Gasteiger partial charge is 0.495 e. The molecule has 0 fully saturated rings. The number of anilines is 3. The molecule has 2 aromatic carbocycles. The lowest BCUT2D eigenvalue weighted by molar-refractivity contribution is 0.102. The quantitative estimate of drug-likeness (QED) is 0.728. The summed E-state index contributed by atoms with van der Waals surface area (Å²) in [6, 6.07) is 11.4. The summed E-state index contributed by atoms with van der Waals surface area (Å²) < 4.78 is 31.8. The molecule has 3 aromatic rings. The predicted molar refractivity (Wildman–Crippen MR) is 92.6 cm³/mol. The fourth-order valence-electron chi connectivity index (χ4n) is 2.19. The fourth-order valence-corrected chi connectivity index (χ4v) is 2.19. The predicted octanol–water partition coefficient (Wildman–Crippen LogP) is 3.76. The third kappa shape index (κ3) is 3.92. The van der Waals surface area contributed by atoms with Crippen molar-refractivity contribution in [1.82, 2.24) is 9.97 Å². The number of amides is 1. The van der Waals surface area contributed by atoms with Crippen LogP contribution in [0.25, 0.3) is 0 Å². The van der Waals surface area contributed by atoms with Gasteiger partial charge in [0.1, 0.15) is 23.1 Å². The summed E-state index contributed by atoms with van der Waals surface area (Å²) in [5, 5.41) is 5.29. The molecule has 0 bridgehead atoms. The van der Waals surface area contributed by atoms with Crippen LogP contribution in [-0.2, 0) is 0 Å². The van der Waals surface area contributed by atoms with E-state index in [1.165, 1.54) is 19.4 Å². The molecule has 3 rings (SSSR count). The molecule has 0 spiro atoms. The van der Waals surface area contributed by atoms with Crippen LogP contribution in [0.1, 0.15) is 10.5 Å². The van der Waals surface area contributed by atoms with E-state index in [1.54, 1.807) is 18.2 Å². The van der Waals surface area contributed by atoms with Crippen LogP contribution < -0.4 is 15.4 Å². The molecule has 1 heterocycles. The van der Waals surface area contributed by atoms with Crippen LogP contribution in [-0.4, -0.2) is 23.0 Å². The average molecular weight is 356 g/mol. The van der Waals surface area contributed by atoms with E-state index in [0.717, 1.165) is 12.1 Å². The Balaban J connectivity index is 1.79. The van der Waals surface area contributed by atoms with E-state index in [4.69, 9.17) is 4.74 Å². The summed E-state index contributed by atoms with van der Waals surface area (Å²) in [5.41, 5.74) is 0.493. The number of nitrogens with one attached hydrogen (secondary N) is 2. The van der Waals surface area contributed by atoms with E-state index in [9.17, 15) is 13.6 Å². The zero-order valence-corrected chi connectivity index (χ0v) is 13.7. The van der Waals surface area contributed by atoms with Crippen LogP contribution >= 0.6 is 0 Å². The molecule has 8 heteroatoms. The van der Waals surface area contributed by atoms with Gasteiger partial charge in [0.25, 0.3) is 5.91 Å². The highest BCUT2D eigenvalue weighted by Crippen LogP contribution is 2.25. The number of carbonyl (C=O) groups is 1. The number of halogens is 2. The van der Waals surface area contributed by atoms with Gasteiger partial charge in [0.2, 0.25) is 5.95 Å². The highest BCUT2D eigenvalue weighted by atomic mass is 19.1. The van der Waals surface area contributed by atoms with Crippen LogP contribution in [0.2, 0.25) is 0 Å². The van der Waals surface area contributed by atoms with Gasteiger partial charge in [0.05, 0.1) is 18.5 Å². The average Bonchev–Trinajstić information content (AvgIpc) is 2.64. The van der Waals surface area contributed by atoms with E-state index >= 15 is 0 Å². The summed E-state index contributed by atoms with van der Waals surface area (Å²) in [6.45, 7) is 0. The Hall–Kier alpha value is -3.55. The first-order chi connectivity index (χ1) is 12.6. The van der Waals surface area contributed by atoms with Gasteiger partial charge in [0.15, 0.2) is 0 Å². The monoisotopic (exact) mass is 356 g/mol. The van der Waals surface area contributed by atoms with E-state index in [2.05, 4.69) is 20.6 Å². The number of ether oxygens (including phenoxy) is 1. The Morgan fingerprint density at radius 3 is 2.65 bits per heavy atom. The lowest BCUT2D eigenvalue weighted by Gasteiger charge is -2.10. The molecule has 1 amide bonds. The van der Waals surface area contributed by atoms with Gasteiger partial charge in [-0.25, -0.2) is 18.7 Å². The van der Waals surface area contributed by atoms with Crippen molar-refractivity contribution in [3.8, 4) is 5.75 Å². The molecule has 0 unspecified atom stereocenters. The van der Waals surface area contributed by atoms with Gasteiger partial charge in [-0.1, -0.05) is 12.1 Å². The first-order valence-corrected chi connectivity index (χ1v) is 7.56. The summed E-state index contributed by atoms with van der Waals surface area (Å²) >= 11 is 0. The van der Waals surface area contributed by atoms with Crippen LogP contribution in [0.5, 0.6) is 5.75 Å². The minimum absolute atomic E-state index is 0.0149. The topological polar surface area (TPSA) is 76.1 Å². The molecule has 0 saturated heterocycles. The van der Waals surface area contributed by atoms with Crippen molar-refractivity contribution in [3.05, 3.63) is 72.1 Å². The van der Waals surface area contributed by atoms with Crippen molar-refractivity contribution >= 4 is 23.2 Å². The number of nitrogens with zero attached hydrogens (tertiary/aromatic N) is 2. The number of benzene rings is 2. The van der Waals surface area contributed by atoms with E-state index in [-0.39, 0.29) is 17.3 Å². The summed E-state index contributed by atoms with van der Waals surface area (Å²) in [4.78, 5) is 20.4. The van der Waals surface area contributed by atoms with Gasteiger partial charge in [0, 0.05) is 12.3 Å². The Kier molecular flexibility index (Phi) is 5.02. The second kappa shape index (κ2) is 7.56. The summed E-state index contributed by atoms with van der Waals surface area (Å²) in [5.74, 6) is -1.51. The standard InChI is InChI=1S/C18H14F2N4O2/c1-26-16-5-3-2-4-14(16)23-18-21-9-8-15(24-18)17(25)22-13-7-6-11(19)10-12(13)20/h2-10H,1H3,(H,22,25)(H,21,23,24). The van der Waals surface area contributed by atoms with Gasteiger partial charge in [-0.05, 0) is 30.3 Å². The zero-order chi connectivity index (χ0) is 18.5. The van der Waals surface area contributed by atoms with E-state index in [0.29, 0.717) is 17.5 Å². The molecule has 6 nitrogen and oxygen atoms in total. The van der Waals surface area contributed by atoms with Crippen LogP contribution in [0.4, 0.5) is 26.1 Å². The fraction of sp³-hybridized carbons (Fsp3) is 0.0556. The first-order valence-electron chi connectivity index (χ1n) is 7.56. The minimum atomic E-state index is -0.875. The molecular formula is C18H14F2N4O2.